The predicted molar refractivity (Wildman–Crippen MR) is 158 cm³/mol. The Bertz CT molecular complexity index is 1640. The maximum absolute atomic E-state index is 13.3. The first kappa shape index (κ1) is 29.5. The SMILES string of the molecule is O=S(=O)(CC1CC1)c1cccc(OC[C@@H](O)CN[C@H]2COC3(CCN(S(=O)(=O)c4cnc5ccccc5c4)CC3)C2)c1. The normalized spacial score (nSPS) is 22.0. The van der Waals surface area contributed by atoms with E-state index < -0.39 is 26.0 Å². The lowest BCUT2D eigenvalue weighted by atomic mass is 9.88. The van der Waals surface area contributed by atoms with Gasteiger partial charge in [0.05, 0.1) is 28.4 Å². The van der Waals surface area contributed by atoms with E-state index in [1.807, 2.05) is 24.3 Å². The van der Waals surface area contributed by atoms with Crippen LogP contribution in [0.3, 0.4) is 0 Å². The van der Waals surface area contributed by atoms with E-state index in [0.29, 0.717) is 44.8 Å². The number of nitrogens with one attached hydrogen (secondary N) is 1. The first-order valence-corrected chi connectivity index (χ1v) is 17.6. The van der Waals surface area contributed by atoms with E-state index in [4.69, 9.17) is 9.47 Å². The van der Waals surface area contributed by atoms with Gasteiger partial charge in [0.25, 0.3) is 0 Å². The van der Waals surface area contributed by atoms with Crippen molar-refractivity contribution >= 4 is 30.8 Å². The van der Waals surface area contributed by atoms with Gasteiger partial charge >= 0.3 is 0 Å². The summed E-state index contributed by atoms with van der Waals surface area (Å²) in [5, 5.41) is 14.6. The maximum Gasteiger partial charge on any atom is 0.244 e. The zero-order valence-electron chi connectivity index (χ0n) is 23.4. The van der Waals surface area contributed by atoms with Crippen molar-refractivity contribution in [2.45, 2.75) is 59.6 Å². The van der Waals surface area contributed by atoms with Crippen molar-refractivity contribution in [2.75, 3.05) is 38.6 Å². The fourth-order valence-electron chi connectivity index (χ4n) is 5.80. The van der Waals surface area contributed by atoms with Gasteiger partial charge in [-0.15, -0.1) is 0 Å². The summed E-state index contributed by atoms with van der Waals surface area (Å²) in [6.07, 6.45) is 4.48. The smallest absolute Gasteiger partial charge is 0.244 e. The van der Waals surface area contributed by atoms with Crippen molar-refractivity contribution < 1.29 is 31.4 Å². The van der Waals surface area contributed by atoms with E-state index in [-0.39, 0.29) is 39.7 Å². The van der Waals surface area contributed by atoms with E-state index in [9.17, 15) is 21.9 Å². The predicted octanol–water partition coefficient (Wildman–Crippen LogP) is 2.76. The third-order valence-electron chi connectivity index (χ3n) is 8.45. The largest absolute Gasteiger partial charge is 0.491 e. The molecule has 3 aliphatic rings. The second-order valence-electron chi connectivity index (χ2n) is 11.7. The number of aliphatic hydroxyl groups is 1. The van der Waals surface area contributed by atoms with Gasteiger partial charge in [-0.2, -0.15) is 4.31 Å². The van der Waals surface area contributed by atoms with Crippen molar-refractivity contribution in [1.29, 1.82) is 0 Å². The Morgan fingerprint density at radius 2 is 1.83 bits per heavy atom. The summed E-state index contributed by atoms with van der Waals surface area (Å²) in [5.41, 5.74) is 0.367. The molecule has 3 aromatic rings. The van der Waals surface area contributed by atoms with E-state index >= 15 is 0 Å². The molecule has 0 unspecified atom stereocenters. The van der Waals surface area contributed by atoms with Gasteiger partial charge in [0, 0.05) is 37.3 Å². The van der Waals surface area contributed by atoms with Crippen LogP contribution in [0, 0.1) is 5.92 Å². The number of nitrogens with zero attached hydrogens (tertiary/aromatic N) is 2. The fourth-order valence-corrected chi connectivity index (χ4v) is 8.95. The molecule has 3 fully saturated rings. The zero-order valence-corrected chi connectivity index (χ0v) is 25.0. The number of fused-ring (bicyclic) bond motifs is 1. The van der Waals surface area contributed by atoms with Crippen LogP contribution in [-0.4, -0.2) is 87.6 Å². The van der Waals surface area contributed by atoms with Gasteiger partial charge in [-0.3, -0.25) is 4.98 Å². The summed E-state index contributed by atoms with van der Waals surface area (Å²) in [6, 6.07) is 15.6. The minimum Gasteiger partial charge on any atom is -0.491 e. The number of para-hydroxylation sites is 1. The molecule has 2 aliphatic heterocycles. The van der Waals surface area contributed by atoms with Crippen molar-refractivity contribution in [1.82, 2.24) is 14.6 Å². The number of sulfone groups is 1. The minimum atomic E-state index is -3.66. The molecule has 2 N–H and O–H groups in total. The second-order valence-corrected chi connectivity index (χ2v) is 15.7. The first-order valence-electron chi connectivity index (χ1n) is 14.5. The molecule has 226 valence electrons. The van der Waals surface area contributed by atoms with Crippen molar-refractivity contribution in [3.63, 3.8) is 0 Å². The zero-order chi connectivity index (χ0) is 29.4. The third kappa shape index (κ3) is 6.63. The van der Waals surface area contributed by atoms with Gasteiger partial charge < -0.3 is 19.9 Å². The average Bonchev–Trinajstić information content (AvgIpc) is 3.72. The van der Waals surface area contributed by atoms with Crippen LogP contribution >= 0.6 is 0 Å². The van der Waals surface area contributed by atoms with Gasteiger partial charge in [-0.05, 0) is 68.4 Å². The minimum absolute atomic E-state index is 0.0221. The second kappa shape index (κ2) is 11.8. The topological polar surface area (TPSA) is 135 Å². The van der Waals surface area contributed by atoms with Gasteiger partial charge in [-0.1, -0.05) is 24.3 Å². The molecular weight excluding hydrogens is 578 g/mol. The lowest BCUT2D eigenvalue weighted by Crippen LogP contribution is -2.47. The molecule has 1 saturated carbocycles. The number of hydrogen-bond donors (Lipinski definition) is 2. The number of hydrogen-bond acceptors (Lipinski definition) is 9. The molecule has 0 amide bonds. The van der Waals surface area contributed by atoms with E-state index in [1.54, 1.807) is 24.3 Å². The fraction of sp³-hybridized carbons (Fsp3) is 0.500. The van der Waals surface area contributed by atoms with Crippen LogP contribution < -0.4 is 10.1 Å². The number of aromatic nitrogens is 1. The van der Waals surface area contributed by atoms with Crippen LogP contribution in [-0.2, 0) is 24.6 Å². The molecule has 2 atom stereocenters. The number of piperidine rings is 1. The molecule has 3 heterocycles. The quantitative estimate of drug-likeness (QED) is 0.334. The monoisotopic (exact) mass is 615 g/mol. The molecule has 1 spiro atoms. The van der Waals surface area contributed by atoms with Crippen LogP contribution in [0.15, 0.2) is 70.6 Å². The number of ether oxygens (including phenoxy) is 2. The number of rotatable bonds is 11. The molecule has 0 radical (unpaired) electrons. The highest BCUT2D eigenvalue weighted by atomic mass is 32.2. The Morgan fingerprint density at radius 1 is 1.05 bits per heavy atom. The Labute approximate surface area is 247 Å². The Balaban J connectivity index is 0.962. The number of aliphatic hydroxyl groups excluding tert-OH is 1. The summed E-state index contributed by atoms with van der Waals surface area (Å²) < 4.78 is 65.2. The Hall–Kier alpha value is -2.61. The number of pyridine rings is 1. The molecule has 12 heteroatoms. The van der Waals surface area contributed by atoms with Crippen molar-refractivity contribution in [3.05, 3.63) is 60.8 Å². The summed E-state index contributed by atoms with van der Waals surface area (Å²) in [4.78, 5) is 4.77. The molecule has 1 aromatic heterocycles. The molecule has 1 aliphatic carbocycles. The van der Waals surface area contributed by atoms with Crippen LogP contribution in [0.2, 0.25) is 0 Å². The van der Waals surface area contributed by atoms with Crippen LogP contribution in [0.1, 0.15) is 32.1 Å². The Kier molecular flexibility index (Phi) is 8.29. The van der Waals surface area contributed by atoms with Crippen LogP contribution in [0.4, 0.5) is 0 Å². The summed E-state index contributed by atoms with van der Waals surface area (Å²) >= 11 is 0. The van der Waals surface area contributed by atoms with E-state index in [2.05, 4.69) is 10.3 Å². The van der Waals surface area contributed by atoms with Gasteiger partial charge in [0.2, 0.25) is 10.0 Å². The molecule has 2 aromatic carbocycles. The van der Waals surface area contributed by atoms with Gasteiger partial charge in [0.15, 0.2) is 9.84 Å². The van der Waals surface area contributed by atoms with Crippen LogP contribution in [0.5, 0.6) is 5.75 Å². The standard InChI is InChI=1S/C30H37N3O7S2/c34-25(20-39-26-5-3-6-27(15-26)41(35,36)21-22-8-9-22)17-31-24-16-30(40-19-24)10-12-33(13-11-30)42(37,38)28-14-23-4-1-2-7-29(23)32-18-28/h1-7,14-15,18,22,24-25,31,34H,8-13,16-17,19-21H2/t24-,25+/m1/s1. The highest BCUT2D eigenvalue weighted by Gasteiger charge is 2.44. The molecule has 2 saturated heterocycles. The first-order chi connectivity index (χ1) is 20.1. The summed E-state index contributed by atoms with van der Waals surface area (Å²) in [7, 11) is -6.99. The molecule has 10 nitrogen and oxygen atoms in total. The highest BCUT2D eigenvalue weighted by Crippen LogP contribution is 2.37. The van der Waals surface area contributed by atoms with Gasteiger partial charge in [0.1, 0.15) is 23.4 Å². The molecular formula is C30H37N3O7S2. The van der Waals surface area contributed by atoms with Crippen LogP contribution in [0.25, 0.3) is 10.9 Å². The summed E-state index contributed by atoms with van der Waals surface area (Å²) in [6.45, 7) is 1.53. The van der Waals surface area contributed by atoms with E-state index in [0.717, 1.165) is 30.2 Å². The number of benzene rings is 2. The number of sulfonamides is 1. The molecule has 42 heavy (non-hydrogen) atoms. The Morgan fingerprint density at radius 3 is 2.62 bits per heavy atom. The van der Waals surface area contributed by atoms with E-state index in [1.165, 1.54) is 16.6 Å². The average molecular weight is 616 g/mol. The molecule has 0 bridgehead atoms. The van der Waals surface area contributed by atoms with Crippen molar-refractivity contribution in [2.24, 2.45) is 5.92 Å². The maximum atomic E-state index is 13.3. The van der Waals surface area contributed by atoms with Crippen molar-refractivity contribution in [3.8, 4) is 5.75 Å². The molecule has 6 rings (SSSR count). The third-order valence-corrected chi connectivity index (χ3v) is 12.2. The van der Waals surface area contributed by atoms with Gasteiger partial charge in [-0.25, -0.2) is 16.8 Å². The summed E-state index contributed by atoms with van der Waals surface area (Å²) in [5.74, 6) is 0.846. The lowest BCUT2D eigenvalue weighted by molar-refractivity contribution is -0.0312. The highest BCUT2D eigenvalue weighted by molar-refractivity contribution is 7.91. The lowest BCUT2D eigenvalue weighted by Gasteiger charge is -2.38.